The van der Waals surface area contributed by atoms with Crippen molar-refractivity contribution < 1.29 is 14.5 Å². The van der Waals surface area contributed by atoms with Gasteiger partial charge in [0.2, 0.25) is 0 Å². The molecule has 0 amide bonds. The van der Waals surface area contributed by atoms with Crippen molar-refractivity contribution in [2.75, 3.05) is 18.0 Å². The van der Waals surface area contributed by atoms with Gasteiger partial charge < -0.3 is 9.64 Å². The van der Waals surface area contributed by atoms with E-state index in [4.69, 9.17) is 16.3 Å². The molecule has 1 heterocycles. The number of halogens is 1. The van der Waals surface area contributed by atoms with Gasteiger partial charge in [-0.05, 0) is 49.1 Å². The highest BCUT2D eigenvalue weighted by atomic mass is 35.5. The van der Waals surface area contributed by atoms with Crippen LogP contribution < -0.4 is 4.90 Å². The Morgan fingerprint density at radius 3 is 2.46 bits per heavy atom. The second-order valence-electron chi connectivity index (χ2n) is 6.21. The zero-order valence-corrected chi connectivity index (χ0v) is 14.9. The van der Waals surface area contributed by atoms with E-state index in [9.17, 15) is 14.9 Å². The quantitative estimate of drug-likeness (QED) is 0.434. The molecule has 0 bridgehead atoms. The maximum Gasteiger partial charge on any atom is 0.338 e. The van der Waals surface area contributed by atoms with Crippen molar-refractivity contribution in [3.63, 3.8) is 0 Å². The smallest absolute Gasteiger partial charge is 0.338 e. The summed E-state index contributed by atoms with van der Waals surface area (Å²) in [5.74, 6) is -0.590. The lowest BCUT2D eigenvalue weighted by atomic mass is 10.1. The number of nitro groups is 1. The molecule has 136 valence electrons. The van der Waals surface area contributed by atoms with Crippen LogP contribution in [0.15, 0.2) is 42.5 Å². The largest absolute Gasteiger partial charge is 0.457 e. The summed E-state index contributed by atoms with van der Waals surface area (Å²) in [7, 11) is 0. The van der Waals surface area contributed by atoms with Crippen molar-refractivity contribution in [1.29, 1.82) is 0 Å². The van der Waals surface area contributed by atoms with Crippen molar-refractivity contribution >= 4 is 28.9 Å². The van der Waals surface area contributed by atoms with Crippen LogP contribution >= 0.6 is 11.6 Å². The number of piperidine rings is 1. The molecule has 0 aromatic heterocycles. The molecule has 26 heavy (non-hydrogen) atoms. The van der Waals surface area contributed by atoms with Crippen LogP contribution in [0.3, 0.4) is 0 Å². The van der Waals surface area contributed by atoms with Gasteiger partial charge in [0, 0.05) is 24.2 Å². The Morgan fingerprint density at radius 2 is 1.81 bits per heavy atom. The summed E-state index contributed by atoms with van der Waals surface area (Å²) in [5, 5.41) is 12.1. The number of esters is 1. The minimum atomic E-state index is -0.590. The second-order valence-corrected chi connectivity index (χ2v) is 6.65. The molecule has 3 rings (SSSR count). The third-order valence-electron chi connectivity index (χ3n) is 4.39. The number of ether oxygens (including phenoxy) is 1. The van der Waals surface area contributed by atoms with Gasteiger partial charge in [-0.1, -0.05) is 23.7 Å². The Labute approximate surface area is 156 Å². The van der Waals surface area contributed by atoms with Crippen molar-refractivity contribution in [2.24, 2.45) is 0 Å². The van der Waals surface area contributed by atoms with Crippen LogP contribution in [0, 0.1) is 10.1 Å². The van der Waals surface area contributed by atoms with Crippen molar-refractivity contribution in [2.45, 2.75) is 25.9 Å². The number of nitro benzene ring substituents is 1. The lowest BCUT2D eigenvalue weighted by molar-refractivity contribution is -0.384. The Balaban J connectivity index is 1.74. The van der Waals surface area contributed by atoms with Crippen LogP contribution in [0.1, 0.15) is 35.2 Å². The van der Waals surface area contributed by atoms with Gasteiger partial charge in [-0.2, -0.15) is 0 Å². The first kappa shape index (κ1) is 18.2. The summed E-state index contributed by atoms with van der Waals surface area (Å²) in [4.78, 5) is 25.3. The van der Waals surface area contributed by atoms with Crippen molar-refractivity contribution in [3.05, 3.63) is 68.7 Å². The average molecular weight is 375 g/mol. The monoisotopic (exact) mass is 374 g/mol. The van der Waals surface area contributed by atoms with Gasteiger partial charge >= 0.3 is 5.97 Å². The maximum absolute atomic E-state index is 12.3. The van der Waals surface area contributed by atoms with E-state index in [-0.39, 0.29) is 17.9 Å². The molecule has 0 aliphatic carbocycles. The number of nitrogens with zero attached hydrogens (tertiary/aromatic N) is 2. The van der Waals surface area contributed by atoms with Crippen molar-refractivity contribution in [1.82, 2.24) is 0 Å². The van der Waals surface area contributed by atoms with Crippen LogP contribution in [-0.2, 0) is 11.3 Å². The lowest BCUT2D eigenvalue weighted by Crippen LogP contribution is -2.30. The number of anilines is 1. The number of benzene rings is 2. The molecule has 7 heteroatoms. The number of carbonyl (C=O) groups is 1. The molecular formula is C19H19ClN2O4. The zero-order valence-electron chi connectivity index (χ0n) is 14.2. The van der Waals surface area contributed by atoms with Crippen LogP contribution in [0.2, 0.25) is 5.02 Å². The lowest BCUT2D eigenvalue weighted by Gasteiger charge is -2.28. The highest BCUT2D eigenvalue weighted by Gasteiger charge is 2.23. The van der Waals surface area contributed by atoms with Gasteiger partial charge in [0.15, 0.2) is 0 Å². The summed E-state index contributed by atoms with van der Waals surface area (Å²) in [6.45, 7) is 1.67. The highest BCUT2D eigenvalue weighted by Crippen LogP contribution is 2.31. The van der Waals surface area contributed by atoms with Crippen LogP contribution in [-0.4, -0.2) is 24.0 Å². The van der Waals surface area contributed by atoms with Gasteiger partial charge in [0.05, 0.1) is 10.5 Å². The first-order valence-electron chi connectivity index (χ1n) is 8.49. The summed E-state index contributed by atoms with van der Waals surface area (Å²) in [6, 6.07) is 11.5. The molecule has 1 aliphatic heterocycles. The maximum atomic E-state index is 12.3. The number of rotatable bonds is 5. The van der Waals surface area contributed by atoms with E-state index in [1.54, 1.807) is 36.4 Å². The highest BCUT2D eigenvalue weighted by molar-refractivity contribution is 6.30. The topological polar surface area (TPSA) is 72.7 Å². The third kappa shape index (κ3) is 4.32. The Hall–Kier alpha value is -2.60. The molecule has 0 N–H and O–H groups in total. The molecule has 1 saturated heterocycles. The fourth-order valence-electron chi connectivity index (χ4n) is 3.01. The fraction of sp³-hybridized carbons (Fsp3) is 0.316. The summed E-state index contributed by atoms with van der Waals surface area (Å²) >= 11 is 5.82. The molecule has 2 aromatic rings. The Bertz CT molecular complexity index is 802. The number of carbonyl (C=O) groups excluding carboxylic acids is 1. The van der Waals surface area contributed by atoms with E-state index in [2.05, 4.69) is 0 Å². The molecular weight excluding hydrogens is 356 g/mol. The van der Waals surface area contributed by atoms with E-state index in [0.717, 1.165) is 37.9 Å². The molecule has 0 spiro atoms. The van der Waals surface area contributed by atoms with E-state index in [1.165, 1.54) is 6.07 Å². The van der Waals surface area contributed by atoms with Gasteiger partial charge in [0.1, 0.15) is 12.3 Å². The predicted molar refractivity (Wildman–Crippen MR) is 99.7 cm³/mol. The minimum Gasteiger partial charge on any atom is -0.457 e. The second kappa shape index (κ2) is 8.19. The van der Waals surface area contributed by atoms with Crippen LogP contribution in [0.25, 0.3) is 0 Å². The van der Waals surface area contributed by atoms with Crippen LogP contribution in [0.5, 0.6) is 0 Å². The molecule has 0 atom stereocenters. The Morgan fingerprint density at radius 1 is 1.12 bits per heavy atom. The van der Waals surface area contributed by atoms with E-state index >= 15 is 0 Å². The summed E-state index contributed by atoms with van der Waals surface area (Å²) in [6.07, 6.45) is 3.17. The Kier molecular flexibility index (Phi) is 5.73. The van der Waals surface area contributed by atoms with Crippen molar-refractivity contribution in [3.8, 4) is 0 Å². The van der Waals surface area contributed by atoms with E-state index in [1.807, 2.05) is 4.90 Å². The zero-order chi connectivity index (χ0) is 18.5. The van der Waals surface area contributed by atoms with Gasteiger partial charge in [-0.25, -0.2) is 4.79 Å². The van der Waals surface area contributed by atoms with Gasteiger partial charge in [-0.3, -0.25) is 10.1 Å². The number of hydrogen-bond acceptors (Lipinski definition) is 5. The molecule has 0 unspecified atom stereocenters. The fourth-order valence-corrected chi connectivity index (χ4v) is 3.14. The van der Waals surface area contributed by atoms with Gasteiger partial charge in [0.25, 0.3) is 5.69 Å². The molecule has 1 fully saturated rings. The SMILES string of the molecule is O=C(OCc1ccc(Cl)cc1)c1ccc(N2CCCCC2)c([N+](=O)[O-])c1. The molecule has 1 aliphatic rings. The van der Waals surface area contributed by atoms with E-state index < -0.39 is 10.9 Å². The third-order valence-corrected chi connectivity index (χ3v) is 4.64. The predicted octanol–water partition coefficient (Wildman–Crippen LogP) is 4.60. The normalized spacial score (nSPS) is 14.1. The first-order valence-corrected chi connectivity index (χ1v) is 8.87. The molecule has 0 saturated carbocycles. The molecule has 2 aromatic carbocycles. The molecule has 0 radical (unpaired) electrons. The van der Waals surface area contributed by atoms with Gasteiger partial charge in [-0.15, -0.1) is 0 Å². The van der Waals surface area contributed by atoms with E-state index in [0.29, 0.717) is 10.7 Å². The number of hydrogen-bond donors (Lipinski definition) is 0. The standard InChI is InChI=1S/C19H19ClN2O4/c20-16-7-4-14(5-8-16)13-26-19(23)15-6-9-17(18(12-15)22(24)25)21-10-2-1-3-11-21/h4-9,12H,1-3,10-11,13H2. The van der Waals surface area contributed by atoms with Crippen LogP contribution in [0.4, 0.5) is 11.4 Å². The molecule has 6 nitrogen and oxygen atoms in total. The summed E-state index contributed by atoms with van der Waals surface area (Å²) < 4.78 is 5.26. The minimum absolute atomic E-state index is 0.0622. The summed E-state index contributed by atoms with van der Waals surface area (Å²) in [5.41, 5.74) is 1.46. The average Bonchev–Trinajstić information content (AvgIpc) is 2.67. The first-order chi connectivity index (χ1) is 12.5.